The van der Waals surface area contributed by atoms with Crippen molar-refractivity contribution in [2.24, 2.45) is 0 Å². The molecule has 1 amide bonds. The molecule has 0 aromatic heterocycles. The molecule has 25 heavy (non-hydrogen) atoms. The molecule has 0 fully saturated rings. The number of halogens is 2. The van der Waals surface area contributed by atoms with E-state index in [4.69, 9.17) is 23.2 Å². The van der Waals surface area contributed by atoms with Gasteiger partial charge >= 0.3 is 0 Å². The van der Waals surface area contributed by atoms with Crippen molar-refractivity contribution >= 4 is 38.9 Å². The first-order valence-corrected chi connectivity index (χ1v) is 10.1. The quantitative estimate of drug-likeness (QED) is 0.793. The van der Waals surface area contributed by atoms with Gasteiger partial charge in [-0.1, -0.05) is 35.3 Å². The first-order chi connectivity index (χ1) is 11.7. The minimum atomic E-state index is -3.34. The Hall–Kier alpha value is -1.56. The van der Waals surface area contributed by atoms with Gasteiger partial charge in [-0.05, 0) is 56.2 Å². The fraction of sp³-hybridized carbons (Fsp3) is 0.278. The number of amides is 1. The summed E-state index contributed by atoms with van der Waals surface area (Å²) in [6, 6.07) is 11.3. The average molecular weight is 400 g/mol. The van der Waals surface area contributed by atoms with Crippen molar-refractivity contribution in [3.05, 3.63) is 63.6 Å². The monoisotopic (exact) mass is 399 g/mol. The lowest BCUT2D eigenvalue weighted by Gasteiger charge is -2.10. The van der Waals surface area contributed by atoms with Gasteiger partial charge in [-0.25, -0.2) is 8.42 Å². The third-order valence-corrected chi connectivity index (χ3v) is 6.81. The predicted molar refractivity (Wildman–Crippen MR) is 101 cm³/mol. The second-order valence-corrected chi connectivity index (χ2v) is 9.13. The summed E-state index contributed by atoms with van der Waals surface area (Å²) < 4.78 is 24.2. The van der Waals surface area contributed by atoms with Crippen LogP contribution in [0.25, 0.3) is 0 Å². The van der Waals surface area contributed by atoms with Gasteiger partial charge in [-0.3, -0.25) is 4.79 Å². The van der Waals surface area contributed by atoms with Gasteiger partial charge in [0.25, 0.3) is 5.91 Å². The summed E-state index contributed by atoms with van der Waals surface area (Å²) in [4.78, 5) is 12.4. The largest absolute Gasteiger partial charge is 0.352 e. The lowest BCUT2D eigenvalue weighted by Crippen LogP contribution is -2.25. The lowest BCUT2D eigenvalue weighted by molar-refractivity contribution is 0.0954. The minimum absolute atomic E-state index is 0.213. The Morgan fingerprint density at radius 3 is 2.32 bits per heavy atom. The van der Waals surface area contributed by atoms with Gasteiger partial charge in [0.15, 0.2) is 9.84 Å². The molecule has 0 saturated carbocycles. The molecule has 0 aliphatic carbocycles. The SMILES string of the molecule is CC(C)S(=O)(=O)c1ccc(C(=O)NCCc2cccc(Cl)c2Cl)cc1. The number of hydrogen-bond acceptors (Lipinski definition) is 3. The van der Waals surface area contributed by atoms with Crippen LogP contribution in [0, 0.1) is 0 Å². The van der Waals surface area contributed by atoms with Crippen LogP contribution in [0.2, 0.25) is 10.0 Å². The van der Waals surface area contributed by atoms with Crippen LogP contribution in [-0.4, -0.2) is 26.1 Å². The van der Waals surface area contributed by atoms with E-state index in [1.165, 1.54) is 24.3 Å². The highest BCUT2D eigenvalue weighted by Crippen LogP contribution is 2.25. The highest BCUT2D eigenvalue weighted by atomic mass is 35.5. The molecule has 2 rings (SSSR count). The van der Waals surface area contributed by atoms with Gasteiger partial charge in [0.1, 0.15) is 0 Å². The number of carbonyl (C=O) groups is 1. The second-order valence-electron chi connectivity index (χ2n) is 5.84. The Labute approximate surface area is 158 Å². The summed E-state index contributed by atoms with van der Waals surface area (Å²) in [5, 5.41) is 3.25. The molecule has 0 radical (unpaired) electrons. The molecule has 0 heterocycles. The van der Waals surface area contributed by atoms with E-state index in [0.717, 1.165) is 5.56 Å². The van der Waals surface area contributed by atoms with E-state index in [1.54, 1.807) is 26.0 Å². The number of nitrogens with one attached hydrogen (secondary N) is 1. The second kappa shape index (κ2) is 8.21. The molecule has 0 spiro atoms. The fourth-order valence-electron chi connectivity index (χ4n) is 2.22. The topological polar surface area (TPSA) is 63.2 Å². The van der Waals surface area contributed by atoms with Gasteiger partial charge in [-0.2, -0.15) is 0 Å². The molecular formula is C18H19Cl2NO3S. The molecule has 0 aliphatic heterocycles. The van der Waals surface area contributed by atoms with E-state index in [0.29, 0.717) is 28.6 Å². The number of benzene rings is 2. The predicted octanol–water partition coefficient (Wildman–Crippen LogP) is 4.15. The van der Waals surface area contributed by atoms with Crippen molar-refractivity contribution in [2.45, 2.75) is 30.4 Å². The molecule has 7 heteroatoms. The molecule has 0 unspecified atom stereocenters. The molecule has 2 aromatic carbocycles. The van der Waals surface area contributed by atoms with Crippen molar-refractivity contribution < 1.29 is 13.2 Å². The fourth-order valence-corrected chi connectivity index (χ4v) is 3.70. The molecule has 0 bridgehead atoms. The molecule has 0 saturated heterocycles. The van der Waals surface area contributed by atoms with Gasteiger partial charge < -0.3 is 5.32 Å². The molecule has 2 aromatic rings. The molecule has 0 aliphatic rings. The summed E-state index contributed by atoms with van der Waals surface area (Å²) in [5.74, 6) is -0.272. The Morgan fingerprint density at radius 2 is 1.72 bits per heavy atom. The maximum atomic E-state index is 12.2. The molecule has 4 nitrogen and oxygen atoms in total. The van der Waals surface area contributed by atoms with E-state index in [2.05, 4.69) is 5.32 Å². The van der Waals surface area contributed by atoms with E-state index in [1.807, 2.05) is 6.07 Å². The van der Waals surface area contributed by atoms with Gasteiger partial charge in [0.05, 0.1) is 20.2 Å². The Balaban J connectivity index is 1.99. The number of sulfone groups is 1. The number of hydrogen-bond donors (Lipinski definition) is 1. The van der Waals surface area contributed by atoms with Crippen LogP contribution in [0.1, 0.15) is 29.8 Å². The van der Waals surface area contributed by atoms with Crippen molar-refractivity contribution in [1.82, 2.24) is 5.32 Å². The van der Waals surface area contributed by atoms with E-state index < -0.39 is 15.1 Å². The zero-order valence-corrected chi connectivity index (χ0v) is 16.3. The number of rotatable bonds is 6. The van der Waals surface area contributed by atoms with E-state index in [-0.39, 0.29) is 10.8 Å². The van der Waals surface area contributed by atoms with E-state index in [9.17, 15) is 13.2 Å². The average Bonchev–Trinajstić information content (AvgIpc) is 2.58. The Kier molecular flexibility index (Phi) is 6.49. The standard InChI is InChI=1S/C18H19Cl2NO3S/c1-12(2)25(23,24)15-8-6-14(7-9-15)18(22)21-11-10-13-4-3-5-16(19)17(13)20/h3-9,12H,10-11H2,1-2H3,(H,21,22). The summed E-state index contributed by atoms with van der Waals surface area (Å²) >= 11 is 12.1. The van der Waals surface area contributed by atoms with Crippen molar-refractivity contribution in [3.63, 3.8) is 0 Å². The first-order valence-electron chi connectivity index (χ1n) is 7.78. The number of carbonyl (C=O) groups excluding carboxylic acids is 1. The van der Waals surface area contributed by atoms with Crippen LogP contribution in [0.5, 0.6) is 0 Å². The molecule has 0 atom stereocenters. The third-order valence-electron chi connectivity index (χ3n) is 3.78. The Morgan fingerprint density at radius 1 is 1.08 bits per heavy atom. The Bertz CT molecular complexity index is 862. The molecule has 134 valence electrons. The summed E-state index contributed by atoms with van der Waals surface area (Å²) in [7, 11) is -3.34. The third kappa shape index (κ3) is 4.75. The van der Waals surface area contributed by atoms with Crippen LogP contribution < -0.4 is 5.32 Å². The normalized spacial score (nSPS) is 11.6. The van der Waals surface area contributed by atoms with Gasteiger partial charge in [0, 0.05) is 12.1 Å². The van der Waals surface area contributed by atoms with Crippen LogP contribution >= 0.6 is 23.2 Å². The van der Waals surface area contributed by atoms with Crippen molar-refractivity contribution in [2.75, 3.05) is 6.54 Å². The molecular weight excluding hydrogens is 381 g/mol. The van der Waals surface area contributed by atoms with Crippen LogP contribution in [0.3, 0.4) is 0 Å². The van der Waals surface area contributed by atoms with Crippen molar-refractivity contribution in [3.8, 4) is 0 Å². The highest BCUT2D eigenvalue weighted by molar-refractivity contribution is 7.92. The van der Waals surface area contributed by atoms with Gasteiger partial charge in [0.2, 0.25) is 0 Å². The van der Waals surface area contributed by atoms with Crippen LogP contribution in [0.4, 0.5) is 0 Å². The zero-order valence-electron chi connectivity index (χ0n) is 13.9. The maximum Gasteiger partial charge on any atom is 0.251 e. The smallest absolute Gasteiger partial charge is 0.251 e. The van der Waals surface area contributed by atoms with Crippen molar-refractivity contribution in [1.29, 1.82) is 0 Å². The summed E-state index contributed by atoms with van der Waals surface area (Å²) in [6.07, 6.45) is 0.547. The molecule has 1 N–H and O–H groups in total. The van der Waals surface area contributed by atoms with Crippen LogP contribution in [0.15, 0.2) is 47.4 Å². The minimum Gasteiger partial charge on any atom is -0.352 e. The zero-order chi connectivity index (χ0) is 18.6. The van der Waals surface area contributed by atoms with Gasteiger partial charge in [-0.15, -0.1) is 0 Å². The highest BCUT2D eigenvalue weighted by Gasteiger charge is 2.19. The maximum absolute atomic E-state index is 12.2. The lowest BCUT2D eigenvalue weighted by atomic mass is 10.1. The first kappa shape index (κ1) is 19.8. The van der Waals surface area contributed by atoms with Crippen LogP contribution in [-0.2, 0) is 16.3 Å². The summed E-state index contributed by atoms with van der Waals surface area (Å²) in [5.41, 5.74) is 1.26. The van der Waals surface area contributed by atoms with E-state index >= 15 is 0 Å². The summed E-state index contributed by atoms with van der Waals surface area (Å²) in [6.45, 7) is 3.64.